The van der Waals surface area contributed by atoms with Crippen LogP contribution in [0.3, 0.4) is 0 Å². The van der Waals surface area contributed by atoms with Crippen LogP contribution in [-0.4, -0.2) is 28.5 Å². The molecule has 223 valence electrons. The Bertz CT molecular complexity index is 1160. The minimum atomic E-state index is 0.359. The molecule has 0 radical (unpaired) electrons. The Morgan fingerprint density at radius 1 is 0.610 bits per heavy atom. The monoisotopic (exact) mass is 642 g/mol. The predicted octanol–water partition coefficient (Wildman–Crippen LogP) is 9.66. The molecule has 1 aliphatic heterocycles. The molecule has 4 heteroatoms. The van der Waals surface area contributed by atoms with Crippen molar-refractivity contribution >= 4 is 16.0 Å². The molecule has 0 bridgehead atoms. The number of benzene rings is 3. The van der Waals surface area contributed by atoms with E-state index in [0.29, 0.717) is 29.8 Å². The minimum Gasteiger partial charge on any atom is -0.502 e. The molecule has 1 heterocycles. The number of aliphatic hydroxyl groups is 1. The maximum Gasteiger partial charge on any atom is 0.0156 e. The van der Waals surface area contributed by atoms with Crippen LogP contribution in [0.2, 0.25) is 0 Å². The molecule has 3 nitrogen and oxygen atoms in total. The zero-order valence-corrected chi connectivity index (χ0v) is 28.7. The number of nitrogens with zero attached hydrogens (tertiary/aromatic N) is 2. The molecule has 1 aliphatic rings. The Kier molecular flexibility index (Phi) is 12.2. The molecular formula is C37H52N2ORu+. The van der Waals surface area contributed by atoms with Crippen LogP contribution in [0.4, 0.5) is 11.4 Å². The van der Waals surface area contributed by atoms with Crippen molar-refractivity contribution in [1.82, 2.24) is 0 Å². The van der Waals surface area contributed by atoms with E-state index in [-0.39, 0.29) is 0 Å². The third-order valence-electron chi connectivity index (χ3n) is 7.56. The van der Waals surface area contributed by atoms with Gasteiger partial charge < -0.3 is 9.80 Å². The maximum atomic E-state index is 4.49. The second kappa shape index (κ2) is 15.1. The predicted molar refractivity (Wildman–Crippen MR) is 177 cm³/mol. The number of anilines is 2. The molecule has 1 N–H and O–H groups in total. The zero-order chi connectivity index (χ0) is 30.3. The summed E-state index contributed by atoms with van der Waals surface area (Å²) in [6.45, 7) is 27.1. The fourth-order valence-corrected chi connectivity index (χ4v) is 5.92. The van der Waals surface area contributed by atoms with Crippen LogP contribution in [0.15, 0.2) is 60.7 Å². The first-order chi connectivity index (χ1) is 19.5. The normalized spacial score (nSPS) is 13.4. The fraction of sp³-hybridized carbons (Fsp3) is 0.459. The summed E-state index contributed by atoms with van der Waals surface area (Å²) in [7, 11) is 0. The van der Waals surface area contributed by atoms with Crippen LogP contribution in [0.25, 0.3) is 0 Å². The Labute approximate surface area is 260 Å². The summed E-state index contributed by atoms with van der Waals surface area (Å²) in [5, 5.41) is 0. The Morgan fingerprint density at radius 2 is 1.00 bits per heavy atom. The first kappa shape index (κ1) is 33.1. The summed E-state index contributed by atoms with van der Waals surface area (Å²) in [5.74, 6) is 3.13. The third-order valence-corrected chi connectivity index (χ3v) is 8.10. The number of hydrogen-bond acceptors (Lipinski definition) is 2. The van der Waals surface area contributed by atoms with Gasteiger partial charge in [-0.1, -0.05) is 91.8 Å². The SMILES string of the molecule is CC(C)[OH+]c1ccccc1[CH]=[Ru+].CC(C)c1cccc(C(C)C)c1N1[CH-]N(c2c(C(C)C)cccc2C(C)C)CC1. The van der Waals surface area contributed by atoms with Crippen molar-refractivity contribution in [2.45, 2.75) is 99.0 Å². The molecule has 1 fully saturated rings. The Morgan fingerprint density at radius 3 is 1.34 bits per heavy atom. The molecule has 0 atom stereocenters. The van der Waals surface area contributed by atoms with Crippen molar-refractivity contribution in [1.29, 1.82) is 0 Å². The van der Waals surface area contributed by atoms with Gasteiger partial charge >= 0.3 is 82.7 Å². The molecule has 0 aliphatic carbocycles. The van der Waals surface area contributed by atoms with E-state index >= 15 is 0 Å². The summed E-state index contributed by atoms with van der Waals surface area (Å²) in [6, 6.07) is 21.8. The van der Waals surface area contributed by atoms with Crippen LogP contribution in [0, 0.1) is 6.67 Å². The smallest absolute Gasteiger partial charge is 0.0156 e. The van der Waals surface area contributed by atoms with E-state index in [1.165, 1.54) is 39.2 Å². The average Bonchev–Trinajstić information content (AvgIpc) is 3.42. The first-order valence-electron chi connectivity index (χ1n) is 15.3. The van der Waals surface area contributed by atoms with Crippen LogP contribution < -0.4 is 9.80 Å². The molecule has 3 aromatic carbocycles. The minimum absolute atomic E-state index is 0.359. The Balaban J connectivity index is 0.000000322. The number of ether oxygens (including phenoxy) is 1. The van der Waals surface area contributed by atoms with E-state index < -0.39 is 0 Å². The van der Waals surface area contributed by atoms with Gasteiger partial charge in [0, 0.05) is 24.5 Å². The van der Waals surface area contributed by atoms with Gasteiger partial charge in [-0.3, -0.25) is 0 Å². The van der Waals surface area contributed by atoms with Crippen LogP contribution in [0.5, 0.6) is 5.75 Å². The van der Waals surface area contributed by atoms with Crippen molar-refractivity contribution in [3.63, 3.8) is 0 Å². The van der Waals surface area contributed by atoms with Gasteiger partial charge in [0.25, 0.3) is 0 Å². The second-order valence-corrected chi connectivity index (χ2v) is 13.1. The van der Waals surface area contributed by atoms with Crippen LogP contribution >= 0.6 is 0 Å². The molecule has 0 amide bonds. The van der Waals surface area contributed by atoms with E-state index in [9.17, 15) is 0 Å². The fourth-order valence-electron chi connectivity index (χ4n) is 5.49. The van der Waals surface area contributed by atoms with Gasteiger partial charge in [-0.05, 0) is 45.9 Å². The number of aromatic hydroxyl groups is 1. The molecule has 4 rings (SSSR count). The molecule has 41 heavy (non-hydrogen) atoms. The summed E-state index contributed by atoms with van der Waals surface area (Å²) >= 11 is 2.51. The average molecular weight is 642 g/mol. The maximum absolute atomic E-state index is 4.49. The van der Waals surface area contributed by atoms with E-state index in [1.54, 1.807) is 0 Å². The van der Waals surface area contributed by atoms with Gasteiger partial charge in [0.15, 0.2) is 0 Å². The second-order valence-electron chi connectivity index (χ2n) is 12.6. The van der Waals surface area contributed by atoms with E-state index in [2.05, 4.69) is 151 Å². The van der Waals surface area contributed by atoms with Crippen LogP contribution in [-0.2, 0) is 17.9 Å². The molecular weight excluding hydrogens is 589 g/mol. The van der Waals surface area contributed by atoms with Crippen LogP contribution in [0.1, 0.15) is 121 Å². The van der Waals surface area contributed by atoms with Gasteiger partial charge in [0.1, 0.15) is 0 Å². The van der Waals surface area contributed by atoms with Gasteiger partial charge in [-0.15, -0.1) is 0 Å². The summed E-state index contributed by atoms with van der Waals surface area (Å²) in [5.41, 5.74) is 9.85. The molecule has 0 unspecified atom stereocenters. The summed E-state index contributed by atoms with van der Waals surface area (Å²) in [4.78, 5) is 5.01. The molecule has 0 saturated carbocycles. The van der Waals surface area contributed by atoms with E-state index in [0.717, 1.165) is 18.8 Å². The van der Waals surface area contributed by atoms with Crippen molar-refractivity contribution in [3.8, 4) is 5.75 Å². The topological polar surface area (TPSA) is 19.3 Å². The van der Waals surface area contributed by atoms with Crippen molar-refractivity contribution in [3.05, 3.63) is 95.1 Å². The quantitative estimate of drug-likeness (QED) is 0.132. The van der Waals surface area contributed by atoms with Gasteiger partial charge in [0.2, 0.25) is 0 Å². The van der Waals surface area contributed by atoms with Crippen molar-refractivity contribution < 1.29 is 22.6 Å². The van der Waals surface area contributed by atoms with E-state index in [1.807, 2.05) is 22.8 Å². The van der Waals surface area contributed by atoms with Gasteiger partial charge in [0.05, 0.1) is 0 Å². The molecule has 1 saturated heterocycles. The third kappa shape index (κ3) is 8.32. The molecule has 3 aromatic rings. The van der Waals surface area contributed by atoms with Crippen molar-refractivity contribution in [2.75, 3.05) is 22.9 Å². The summed E-state index contributed by atoms with van der Waals surface area (Å²) < 4.78 is 6.50. The number of para-hydroxylation sites is 3. The Hall–Kier alpha value is -2.45. The largest absolute Gasteiger partial charge is 0.502 e. The summed E-state index contributed by atoms with van der Waals surface area (Å²) in [6.07, 6.45) is 0.359. The van der Waals surface area contributed by atoms with Gasteiger partial charge in [-0.25, -0.2) is 0 Å². The first-order valence-corrected chi connectivity index (χ1v) is 16.3. The molecule has 0 aromatic heterocycles. The molecule has 0 spiro atoms. The number of hydrogen-bond donors (Lipinski definition) is 0. The standard InChI is InChI=1S/C27H39N2.C10H12O.Ru/c1-18(2)22-11-9-12-23(19(3)4)26(22)28-15-16-29(17-28)27-24(20(5)6)13-10-14-25(27)21(7)8;1-8(2)11-10-7-5-4-6-9(10)3;/h9-14,17-21H,15-16H2,1-8H3;3-8H,1-2H3;/q-1;;+1/p+1. The van der Waals surface area contributed by atoms with E-state index in [4.69, 9.17) is 0 Å². The van der Waals surface area contributed by atoms with Crippen molar-refractivity contribution in [2.24, 2.45) is 0 Å². The number of rotatable bonds is 9. The van der Waals surface area contributed by atoms with Gasteiger partial charge in [-0.2, -0.15) is 6.67 Å². The zero-order valence-electron chi connectivity index (χ0n) is 26.9.